The van der Waals surface area contributed by atoms with E-state index in [9.17, 15) is 0 Å². The normalized spacial score (nSPS) is 10.5. The van der Waals surface area contributed by atoms with Gasteiger partial charge in [0, 0.05) is 6.92 Å². The fourth-order valence-electron chi connectivity index (χ4n) is 0.802. The van der Waals surface area contributed by atoms with Crippen molar-refractivity contribution in [1.29, 1.82) is 0 Å². The molecule has 0 amide bonds. The molecule has 0 saturated carbocycles. The van der Waals surface area contributed by atoms with Crippen molar-refractivity contribution in [3.8, 4) is 0 Å². The zero-order valence-corrected chi connectivity index (χ0v) is 5.40. The second-order valence-electron chi connectivity index (χ2n) is 1.95. The molecule has 0 atom stereocenters. The highest BCUT2D eigenvalue weighted by molar-refractivity contribution is 5.66. The van der Waals surface area contributed by atoms with Crippen LogP contribution < -0.4 is 0 Å². The van der Waals surface area contributed by atoms with E-state index in [1.807, 2.05) is 0 Å². The van der Waals surface area contributed by atoms with E-state index in [2.05, 4.69) is 15.2 Å². The summed E-state index contributed by atoms with van der Waals surface area (Å²) >= 11 is 0. The molecule has 0 fully saturated rings. The standard InChI is InChI=1S/C6H5N3O/c1-4-8-5-2-3-7-9-6(5)10-4/h2-3H,1H3. The Morgan fingerprint density at radius 2 is 2.40 bits per heavy atom. The lowest BCUT2D eigenvalue weighted by Crippen LogP contribution is -1.76. The van der Waals surface area contributed by atoms with E-state index in [0.717, 1.165) is 5.52 Å². The molecule has 2 heterocycles. The van der Waals surface area contributed by atoms with Gasteiger partial charge in [-0.1, -0.05) is 0 Å². The molecule has 0 spiro atoms. The molecule has 0 aliphatic carbocycles. The van der Waals surface area contributed by atoms with E-state index >= 15 is 0 Å². The van der Waals surface area contributed by atoms with Crippen molar-refractivity contribution in [3.63, 3.8) is 0 Å². The van der Waals surface area contributed by atoms with Crippen molar-refractivity contribution in [1.82, 2.24) is 15.2 Å². The Morgan fingerprint density at radius 3 is 3.20 bits per heavy atom. The minimum atomic E-state index is 0.500. The first-order chi connectivity index (χ1) is 4.86. The Kier molecular flexibility index (Phi) is 0.943. The number of aromatic nitrogens is 3. The van der Waals surface area contributed by atoms with E-state index in [1.54, 1.807) is 19.2 Å². The highest BCUT2D eigenvalue weighted by Crippen LogP contribution is 2.08. The molecule has 0 aliphatic rings. The van der Waals surface area contributed by atoms with Gasteiger partial charge in [-0.05, 0) is 6.07 Å². The zero-order chi connectivity index (χ0) is 6.97. The molecule has 0 saturated heterocycles. The van der Waals surface area contributed by atoms with Gasteiger partial charge in [-0.2, -0.15) is 5.10 Å². The Morgan fingerprint density at radius 1 is 1.50 bits per heavy atom. The Balaban J connectivity index is 2.88. The second kappa shape index (κ2) is 1.76. The van der Waals surface area contributed by atoms with Crippen LogP contribution in [0.1, 0.15) is 5.89 Å². The molecule has 0 bridgehead atoms. The molecule has 0 N–H and O–H groups in total. The summed E-state index contributed by atoms with van der Waals surface area (Å²) in [6.07, 6.45) is 1.59. The summed E-state index contributed by atoms with van der Waals surface area (Å²) in [6, 6.07) is 1.76. The number of rotatable bonds is 0. The first-order valence-electron chi connectivity index (χ1n) is 2.91. The molecule has 4 heteroatoms. The van der Waals surface area contributed by atoms with Crippen molar-refractivity contribution in [2.24, 2.45) is 0 Å². The van der Waals surface area contributed by atoms with Crippen LogP contribution in [0, 0.1) is 6.92 Å². The van der Waals surface area contributed by atoms with E-state index in [-0.39, 0.29) is 0 Å². The van der Waals surface area contributed by atoms with Crippen LogP contribution in [0.5, 0.6) is 0 Å². The highest BCUT2D eigenvalue weighted by atomic mass is 16.4. The average molecular weight is 135 g/mol. The molecule has 0 unspecified atom stereocenters. The van der Waals surface area contributed by atoms with Crippen LogP contribution in [0.4, 0.5) is 0 Å². The smallest absolute Gasteiger partial charge is 0.266 e. The fraction of sp³-hybridized carbons (Fsp3) is 0.167. The van der Waals surface area contributed by atoms with E-state index in [1.165, 1.54) is 0 Å². The van der Waals surface area contributed by atoms with Crippen LogP contribution >= 0.6 is 0 Å². The maximum absolute atomic E-state index is 5.08. The molecule has 2 rings (SSSR count). The van der Waals surface area contributed by atoms with E-state index in [4.69, 9.17) is 4.42 Å². The van der Waals surface area contributed by atoms with Crippen molar-refractivity contribution in [2.75, 3.05) is 0 Å². The third-order valence-corrected chi connectivity index (χ3v) is 1.19. The number of hydrogen-bond acceptors (Lipinski definition) is 4. The van der Waals surface area contributed by atoms with Crippen molar-refractivity contribution >= 4 is 11.2 Å². The average Bonchev–Trinajstić information content (AvgIpc) is 2.27. The molecule has 0 aromatic carbocycles. The van der Waals surface area contributed by atoms with Crippen LogP contribution in [-0.2, 0) is 0 Å². The Hall–Kier alpha value is -1.45. The third-order valence-electron chi connectivity index (χ3n) is 1.19. The van der Waals surface area contributed by atoms with E-state index < -0.39 is 0 Å². The lowest BCUT2D eigenvalue weighted by molar-refractivity contribution is 0.547. The number of nitrogens with zero attached hydrogens (tertiary/aromatic N) is 3. The van der Waals surface area contributed by atoms with Crippen molar-refractivity contribution in [2.45, 2.75) is 6.92 Å². The SMILES string of the molecule is Cc1nc2ccnnc2o1. The van der Waals surface area contributed by atoms with Gasteiger partial charge in [0.15, 0.2) is 5.89 Å². The fourth-order valence-corrected chi connectivity index (χ4v) is 0.802. The van der Waals surface area contributed by atoms with Gasteiger partial charge in [-0.25, -0.2) is 4.98 Å². The molecule has 0 aliphatic heterocycles. The predicted octanol–water partition coefficient (Wildman–Crippen LogP) is 0.926. The lowest BCUT2D eigenvalue weighted by atomic mass is 10.5. The largest absolute Gasteiger partial charge is 0.421 e. The Bertz CT molecular complexity index is 322. The third kappa shape index (κ3) is 0.655. The van der Waals surface area contributed by atoms with Crippen LogP contribution in [0.2, 0.25) is 0 Å². The lowest BCUT2D eigenvalue weighted by Gasteiger charge is -1.77. The summed E-state index contributed by atoms with van der Waals surface area (Å²) in [5, 5.41) is 7.37. The number of aryl methyl sites for hydroxylation is 1. The van der Waals surface area contributed by atoms with Gasteiger partial charge >= 0.3 is 0 Å². The van der Waals surface area contributed by atoms with Gasteiger partial charge in [-0.15, -0.1) is 5.10 Å². The van der Waals surface area contributed by atoms with Crippen molar-refractivity contribution < 1.29 is 4.42 Å². The summed E-state index contributed by atoms with van der Waals surface area (Å²) in [4.78, 5) is 4.04. The topological polar surface area (TPSA) is 51.8 Å². The van der Waals surface area contributed by atoms with Gasteiger partial charge in [0.05, 0.1) is 6.20 Å². The molecular weight excluding hydrogens is 130 g/mol. The van der Waals surface area contributed by atoms with Gasteiger partial charge in [-0.3, -0.25) is 0 Å². The highest BCUT2D eigenvalue weighted by Gasteiger charge is 1.99. The van der Waals surface area contributed by atoms with Crippen LogP contribution in [0.25, 0.3) is 11.2 Å². The summed E-state index contributed by atoms with van der Waals surface area (Å²) in [6.45, 7) is 1.78. The number of hydrogen-bond donors (Lipinski definition) is 0. The summed E-state index contributed by atoms with van der Waals surface area (Å²) in [7, 11) is 0. The Labute approximate surface area is 56.9 Å². The summed E-state index contributed by atoms with van der Waals surface area (Å²) < 4.78 is 5.08. The summed E-state index contributed by atoms with van der Waals surface area (Å²) in [5.41, 5.74) is 1.26. The molecular formula is C6H5N3O. The molecule has 0 radical (unpaired) electrons. The first-order valence-corrected chi connectivity index (χ1v) is 2.91. The first kappa shape index (κ1) is 5.34. The maximum atomic E-state index is 5.08. The number of oxazole rings is 1. The molecule has 2 aromatic rings. The predicted molar refractivity (Wildman–Crippen MR) is 34.3 cm³/mol. The molecule has 4 nitrogen and oxygen atoms in total. The van der Waals surface area contributed by atoms with Crippen LogP contribution in [0.3, 0.4) is 0 Å². The number of fused-ring (bicyclic) bond motifs is 1. The van der Waals surface area contributed by atoms with Gasteiger partial charge in [0.2, 0.25) is 0 Å². The molecule has 2 aromatic heterocycles. The van der Waals surface area contributed by atoms with Gasteiger partial charge < -0.3 is 4.42 Å². The van der Waals surface area contributed by atoms with Crippen LogP contribution in [0.15, 0.2) is 16.7 Å². The van der Waals surface area contributed by atoms with Crippen LogP contribution in [-0.4, -0.2) is 15.2 Å². The van der Waals surface area contributed by atoms with Gasteiger partial charge in [0.1, 0.15) is 5.52 Å². The van der Waals surface area contributed by atoms with E-state index in [0.29, 0.717) is 11.6 Å². The minimum Gasteiger partial charge on any atom is -0.421 e. The quantitative estimate of drug-likeness (QED) is 0.539. The second-order valence-corrected chi connectivity index (χ2v) is 1.95. The molecule has 10 heavy (non-hydrogen) atoms. The zero-order valence-electron chi connectivity index (χ0n) is 5.40. The summed E-state index contributed by atoms with van der Waals surface area (Å²) in [5.74, 6) is 0.621. The maximum Gasteiger partial charge on any atom is 0.266 e. The minimum absolute atomic E-state index is 0.500. The van der Waals surface area contributed by atoms with Crippen molar-refractivity contribution in [3.05, 3.63) is 18.2 Å². The monoisotopic (exact) mass is 135 g/mol. The molecule has 50 valence electrons. The van der Waals surface area contributed by atoms with Gasteiger partial charge in [0.25, 0.3) is 5.71 Å².